The minimum absolute atomic E-state index is 0.144. The third kappa shape index (κ3) is 7.72. The van der Waals surface area contributed by atoms with Crippen molar-refractivity contribution in [1.29, 1.82) is 0 Å². The molecule has 4 heterocycles. The number of ether oxygens (including phenoxy) is 3. The number of halogens is 2. The van der Waals surface area contributed by atoms with Crippen molar-refractivity contribution in [3.05, 3.63) is 76.6 Å². The highest BCUT2D eigenvalue weighted by atomic mass is 35.5. The lowest BCUT2D eigenvalue weighted by molar-refractivity contribution is -0.126. The maximum absolute atomic E-state index is 14.5. The predicted octanol–water partition coefficient (Wildman–Crippen LogP) is 5.18. The van der Waals surface area contributed by atoms with Gasteiger partial charge in [-0.3, -0.25) is 23.6 Å². The molecule has 6 rings (SSSR count). The van der Waals surface area contributed by atoms with Crippen LogP contribution in [0, 0.1) is 0 Å². The number of aryl methyl sites for hydroxylation is 1. The number of hydrogen-bond donors (Lipinski definition) is 0. The molecule has 1 aliphatic heterocycles. The first-order valence-corrected chi connectivity index (χ1v) is 17.6. The van der Waals surface area contributed by atoms with Gasteiger partial charge in [0.05, 0.1) is 68.6 Å². The molecular weight excluding hydrogens is 651 g/mol. The second-order valence-electron chi connectivity index (χ2n) is 12.6. The number of carbonyl (C=O) groups excluding carboxylic acids is 2. The van der Waals surface area contributed by atoms with Crippen LogP contribution >= 0.6 is 11.6 Å². The van der Waals surface area contributed by atoms with E-state index >= 15 is 0 Å². The number of carbonyl (C=O) groups is 2. The second kappa shape index (κ2) is 16.3. The van der Waals surface area contributed by atoms with Crippen molar-refractivity contribution in [2.75, 3.05) is 59.4 Å². The molecule has 11 nitrogen and oxygen atoms in total. The van der Waals surface area contributed by atoms with Crippen molar-refractivity contribution in [3.63, 3.8) is 0 Å². The number of aromatic nitrogens is 5. The summed E-state index contributed by atoms with van der Waals surface area (Å²) in [6.45, 7) is 6.80. The molecule has 262 valence electrons. The zero-order valence-electron chi connectivity index (χ0n) is 28.0. The Morgan fingerprint density at radius 1 is 1.02 bits per heavy atom. The first kappa shape index (κ1) is 35.1. The van der Waals surface area contributed by atoms with Crippen LogP contribution in [0.4, 0.5) is 4.39 Å². The van der Waals surface area contributed by atoms with E-state index in [1.165, 1.54) is 0 Å². The highest BCUT2D eigenvalue weighted by molar-refractivity contribution is 6.31. The van der Waals surface area contributed by atoms with Crippen LogP contribution in [-0.2, 0) is 43.9 Å². The van der Waals surface area contributed by atoms with Gasteiger partial charge in [0.1, 0.15) is 11.5 Å². The first-order valence-electron chi connectivity index (χ1n) is 17.2. The van der Waals surface area contributed by atoms with E-state index in [-0.39, 0.29) is 18.4 Å². The van der Waals surface area contributed by atoms with Gasteiger partial charge in [-0.25, -0.2) is 4.98 Å². The zero-order chi connectivity index (χ0) is 34.2. The number of rotatable bonds is 17. The Bertz CT molecular complexity index is 1740. The smallest absolute Gasteiger partial charge is 0.274 e. The summed E-state index contributed by atoms with van der Waals surface area (Å²) in [6, 6.07) is 9.28. The van der Waals surface area contributed by atoms with Gasteiger partial charge < -0.3 is 23.7 Å². The van der Waals surface area contributed by atoms with Gasteiger partial charge in [-0.2, -0.15) is 5.10 Å². The molecule has 3 aromatic heterocycles. The molecule has 1 amide bonds. The highest BCUT2D eigenvalue weighted by Gasteiger charge is 2.53. The summed E-state index contributed by atoms with van der Waals surface area (Å²) in [4.78, 5) is 39.1. The van der Waals surface area contributed by atoms with Gasteiger partial charge in [-0.05, 0) is 74.1 Å². The zero-order valence-corrected chi connectivity index (χ0v) is 28.7. The van der Waals surface area contributed by atoms with Crippen LogP contribution in [0.15, 0.2) is 48.9 Å². The van der Waals surface area contributed by atoms with E-state index in [4.69, 9.17) is 30.8 Å². The van der Waals surface area contributed by atoms with E-state index in [0.29, 0.717) is 109 Å². The molecule has 49 heavy (non-hydrogen) atoms. The van der Waals surface area contributed by atoms with Gasteiger partial charge in [-0.1, -0.05) is 11.6 Å². The molecule has 1 aliphatic carbocycles. The molecule has 1 saturated heterocycles. The number of likely N-dealkylation sites (tertiary alicyclic amines) is 1. The highest BCUT2D eigenvalue weighted by Crippen LogP contribution is 2.50. The van der Waals surface area contributed by atoms with Crippen molar-refractivity contribution in [2.24, 2.45) is 0 Å². The van der Waals surface area contributed by atoms with Crippen LogP contribution in [0.25, 0.3) is 11.0 Å². The van der Waals surface area contributed by atoms with Gasteiger partial charge in [0, 0.05) is 56.3 Å². The van der Waals surface area contributed by atoms with E-state index < -0.39 is 11.3 Å². The number of amides is 1. The van der Waals surface area contributed by atoms with E-state index in [1.54, 1.807) is 28.0 Å². The Morgan fingerprint density at radius 2 is 1.80 bits per heavy atom. The molecule has 1 unspecified atom stereocenters. The number of benzene rings is 1. The molecule has 1 spiro atoms. The monoisotopic (exact) mass is 694 g/mol. The quantitative estimate of drug-likeness (QED) is 0.139. The third-order valence-corrected chi connectivity index (χ3v) is 9.88. The van der Waals surface area contributed by atoms with E-state index in [2.05, 4.69) is 14.6 Å². The number of ketones is 1. The van der Waals surface area contributed by atoms with Crippen molar-refractivity contribution >= 4 is 34.3 Å². The number of Topliss-reactive ketones (excluding diaryl/α,β-unsaturated/α-hetero) is 1. The maximum Gasteiger partial charge on any atom is 0.274 e. The Balaban J connectivity index is 1.09. The van der Waals surface area contributed by atoms with Crippen molar-refractivity contribution in [2.45, 2.75) is 63.5 Å². The molecule has 13 heteroatoms. The van der Waals surface area contributed by atoms with Crippen LogP contribution in [0.1, 0.15) is 66.0 Å². The molecule has 1 aromatic carbocycles. The number of fused-ring (bicyclic) bond motifs is 3. The van der Waals surface area contributed by atoms with Gasteiger partial charge in [-0.15, -0.1) is 0 Å². The van der Waals surface area contributed by atoms with Crippen LogP contribution in [0.5, 0.6) is 0 Å². The number of pyridine rings is 1. The minimum Gasteiger partial charge on any atom is -0.379 e. The second-order valence-corrected chi connectivity index (χ2v) is 13.0. The first-order chi connectivity index (χ1) is 23.9. The number of unbranched alkanes of at least 4 members (excludes halogenated alkanes) is 1. The number of piperidine rings is 1. The third-order valence-electron chi connectivity index (χ3n) is 9.65. The lowest BCUT2D eigenvalue weighted by atomic mass is 9.72. The SMILES string of the molecule is CCOCCOCCOCCn1ccc(C(=O)N2CCC3(CC2)C(=O)C(Cc2nc4cc(Cl)ccc4n2CCCCF)c2cnccc23)n1. The lowest BCUT2D eigenvalue weighted by Gasteiger charge is -2.39. The summed E-state index contributed by atoms with van der Waals surface area (Å²) in [6.07, 6.45) is 7.92. The van der Waals surface area contributed by atoms with Crippen molar-refractivity contribution < 1.29 is 28.2 Å². The normalized spacial score (nSPS) is 17.0. The molecule has 2 aliphatic rings. The number of imidazole rings is 1. The topological polar surface area (TPSA) is 114 Å². The molecule has 0 saturated carbocycles. The summed E-state index contributed by atoms with van der Waals surface area (Å²) >= 11 is 6.28. The molecule has 4 aromatic rings. The molecule has 1 atom stereocenters. The number of hydrogen-bond acceptors (Lipinski definition) is 8. The van der Waals surface area contributed by atoms with Crippen LogP contribution in [-0.4, -0.2) is 100 Å². The fourth-order valence-corrected chi connectivity index (χ4v) is 7.31. The van der Waals surface area contributed by atoms with Crippen molar-refractivity contribution in [1.82, 2.24) is 29.2 Å². The molecular formula is C36H44ClFN6O5. The average molecular weight is 695 g/mol. The Kier molecular flexibility index (Phi) is 11.7. The maximum atomic E-state index is 14.5. The fraction of sp³-hybridized carbons (Fsp3) is 0.528. The summed E-state index contributed by atoms with van der Waals surface area (Å²) in [5.74, 6) is 0.361. The van der Waals surface area contributed by atoms with Gasteiger partial charge in [0.25, 0.3) is 5.91 Å². The molecule has 0 radical (unpaired) electrons. The Labute approximate surface area is 290 Å². The van der Waals surface area contributed by atoms with Crippen LogP contribution in [0.2, 0.25) is 5.02 Å². The minimum atomic E-state index is -0.697. The molecule has 0 N–H and O–H groups in total. The van der Waals surface area contributed by atoms with Gasteiger partial charge >= 0.3 is 0 Å². The van der Waals surface area contributed by atoms with E-state index in [1.807, 2.05) is 37.4 Å². The largest absolute Gasteiger partial charge is 0.379 e. The van der Waals surface area contributed by atoms with Crippen molar-refractivity contribution in [3.8, 4) is 0 Å². The summed E-state index contributed by atoms with van der Waals surface area (Å²) in [7, 11) is 0. The number of alkyl halides is 1. The standard InChI is InChI=1S/C36H44ClFN6O5/c1-2-47-19-20-49-22-21-48-18-17-43-14-8-30(41-43)35(46)42-15-9-36(10-16-42)29-7-12-39-25-28(29)27(34(36)45)24-33-40-31-23-26(37)5-6-32(31)44(33)13-4-3-11-38/h5-8,12,14,23,25,27H,2-4,9-11,13,15-22,24H2,1H3. The summed E-state index contributed by atoms with van der Waals surface area (Å²) in [5.41, 5.74) is 3.28. The summed E-state index contributed by atoms with van der Waals surface area (Å²) < 4.78 is 33.1. The fourth-order valence-electron chi connectivity index (χ4n) is 7.15. The molecule has 0 bridgehead atoms. The van der Waals surface area contributed by atoms with Crippen LogP contribution in [0.3, 0.4) is 0 Å². The van der Waals surface area contributed by atoms with Gasteiger partial charge in [0.2, 0.25) is 0 Å². The predicted molar refractivity (Wildman–Crippen MR) is 183 cm³/mol. The Hall–Kier alpha value is -3.71. The summed E-state index contributed by atoms with van der Waals surface area (Å²) in [5, 5.41) is 5.08. The lowest BCUT2D eigenvalue weighted by Crippen LogP contribution is -2.48. The molecule has 1 fully saturated rings. The average Bonchev–Trinajstić information content (AvgIpc) is 3.79. The van der Waals surface area contributed by atoms with Crippen LogP contribution < -0.4 is 0 Å². The van der Waals surface area contributed by atoms with Gasteiger partial charge in [0.15, 0.2) is 5.78 Å². The van der Waals surface area contributed by atoms with E-state index in [9.17, 15) is 14.0 Å². The number of nitrogens with zero attached hydrogens (tertiary/aromatic N) is 6. The van der Waals surface area contributed by atoms with E-state index in [0.717, 1.165) is 28.0 Å². The Morgan fingerprint density at radius 3 is 2.57 bits per heavy atom.